The van der Waals surface area contributed by atoms with Crippen LogP contribution in [0.5, 0.6) is 0 Å². The zero-order chi connectivity index (χ0) is 11.7. The molecule has 0 amide bonds. The van der Waals surface area contributed by atoms with Crippen LogP contribution < -0.4 is 11.3 Å². The standard InChI is InChI=1S/C10H9ClFN3S/c1-5-9(15-13)16-10(14-5)6-2-3-8(12)7(11)4-6/h2-4,15H,13H2,1H3. The number of aromatic nitrogens is 1. The van der Waals surface area contributed by atoms with Crippen LogP contribution >= 0.6 is 22.9 Å². The molecule has 0 radical (unpaired) electrons. The Labute approximate surface area is 101 Å². The Bertz CT molecular complexity index is 527. The Hall–Kier alpha value is -1.17. The van der Waals surface area contributed by atoms with Gasteiger partial charge in [0.2, 0.25) is 0 Å². The maximum absolute atomic E-state index is 13.0. The number of nitrogens with two attached hydrogens (primary N) is 1. The molecular weight excluding hydrogens is 249 g/mol. The van der Waals surface area contributed by atoms with E-state index in [0.717, 1.165) is 21.3 Å². The fourth-order valence-electron chi connectivity index (χ4n) is 1.28. The van der Waals surface area contributed by atoms with Gasteiger partial charge in [0.1, 0.15) is 15.8 Å². The number of hydrogen-bond acceptors (Lipinski definition) is 4. The van der Waals surface area contributed by atoms with Crippen LogP contribution in [-0.4, -0.2) is 4.98 Å². The molecule has 1 aromatic carbocycles. The second-order valence-electron chi connectivity index (χ2n) is 3.21. The summed E-state index contributed by atoms with van der Waals surface area (Å²) in [6.07, 6.45) is 0. The van der Waals surface area contributed by atoms with Crippen LogP contribution in [0.1, 0.15) is 5.69 Å². The molecule has 1 heterocycles. The first kappa shape index (κ1) is 11.3. The average molecular weight is 258 g/mol. The number of halogens is 2. The van der Waals surface area contributed by atoms with Crippen LogP contribution in [0.15, 0.2) is 18.2 Å². The summed E-state index contributed by atoms with van der Waals surface area (Å²) in [6.45, 7) is 1.85. The fraction of sp³-hybridized carbons (Fsp3) is 0.100. The third-order valence-electron chi connectivity index (χ3n) is 2.09. The summed E-state index contributed by atoms with van der Waals surface area (Å²) in [5, 5.41) is 1.63. The summed E-state index contributed by atoms with van der Waals surface area (Å²) >= 11 is 7.10. The minimum Gasteiger partial charge on any atom is -0.314 e. The highest BCUT2D eigenvalue weighted by Crippen LogP contribution is 2.32. The van der Waals surface area contributed by atoms with Gasteiger partial charge in [0.05, 0.1) is 10.7 Å². The summed E-state index contributed by atoms with van der Waals surface area (Å²) in [5.41, 5.74) is 4.15. The number of nitrogens with zero attached hydrogens (tertiary/aromatic N) is 1. The van der Waals surface area contributed by atoms with Crippen molar-refractivity contribution in [1.82, 2.24) is 4.98 Å². The largest absolute Gasteiger partial charge is 0.314 e. The minimum atomic E-state index is -0.434. The molecule has 6 heteroatoms. The van der Waals surface area contributed by atoms with Crippen molar-refractivity contribution in [2.45, 2.75) is 6.92 Å². The van der Waals surface area contributed by atoms with Crippen molar-refractivity contribution in [3.05, 3.63) is 34.7 Å². The quantitative estimate of drug-likeness (QED) is 0.642. The molecule has 0 spiro atoms. The number of hydrazine groups is 1. The van der Waals surface area contributed by atoms with Gasteiger partial charge < -0.3 is 5.43 Å². The number of nitrogens with one attached hydrogen (secondary N) is 1. The van der Waals surface area contributed by atoms with Gasteiger partial charge in [0, 0.05) is 5.56 Å². The number of nitrogen functional groups attached to an aromatic ring is 1. The van der Waals surface area contributed by atoms with Gasteiger partial charge in [-0.3, -0.25) is 0 Å². The zero-order valence-corrected chi connectivity index (χ0v) is 9.99. The molecule has 0 atom stereocenters. The molecule has 0 saturated heterocycles. The van der Waals surface area contributed by atoms with Gasteiger partial charge in [-0.05, 0) is 25.1 Å². The fourth-order valence-corrected chi connectivity index (χ4v) is 2.34. The van der Waals surface area contributed by atoms with Gasteiger partial charge >= 0.3 is 0 Å². The monoisotopic (exact) mass is 257 g/mol. The first-order valence-electron chi connectivity index (χ1n) is 4.51. The lowest BCUT2D eigenvalue weighted by molar-refractivity contribution is 0.628. The van der Waals surface area contributed by atoms with E-state index in [1.807, 2.05) is 6.92 Å². The van der Waals surface area contributed by atoms with Crippen molar-refractivity contribution in [2.75, 3.05) is 5.43 Å². The van der Waals surface area contributed by atoms with Crippen LogP contribution in [0, 0.1) is 12.7 Å². The van der Waals surface area contributed by atoms with Crippen molar-refractivity contribution < 1.29 is 4.39 Å². The first-order valence-corrected chi connectivity index (χ1v) is 5.70. The Balaban J connectivity index is 2.46. The predicted molar refractivity (Wildman–Crippen MR) is 65.1 cm³/mol. The summed E-state index contributed by atoms with van der Waals surface area (Å²) in [7, 11) is 0. The molecule has 0 unspecified atom stereocenters. The average Bonchev–Trinajstić information content (AvgIpc) is 2.64. The van der Waals surface area contributed by atoms with Crippen molar-refractivity contribution in [3.63, 3.8) is 0 Å². The molecule has 3 nitrogen and oxygen atoms in total. The van der Waals surface area contributed by atoms with E-state index in [9.17, 15) is 4.39 Å². The number of hydrogen-bond donors (Lipinski definition) is 2. The molecule has 2 aromatic rings. The van der Waals surface area contributed by atoms with Crippen LogP contribution in [0.3, 0.4) is 0 Å². The van der Waals surface area contributed by atoms with E-state index in [4.69, 9.17) is 17.4 Å². The SMILES string of the molecule is Cc1nc(-c2ccc(F)c(Cl)c2)sc1NN. The first-order chi connectivity index (χ1) is 7.61. The van der Waals surface area contributed by atoms with Crippen LogP contribution in [-0.2, 0) is 0 Å². The number of anilines is 1. The number of rotatable bonds is 2. The van der Waals surface area contributed by atoms with E-state index in [1.165, 1.54) is 17.4 Å². The van der Waals surface area contributed by atoms with Crippen LogP contribution in [0.4, 0.5) is 9.39 Å². The van der Waals surface area contributed by atoms with Crippen molar-refractivity contribution >= 4 is 27.9 Å². The second kappa shape index (κ2) is 4.37. The number of thiazole rings is 1. The van der Waals surface area contributed by atoms with Gasteiger partial charge in [0.25, 0.3) is 0 Å². The Morgan fingerprint density at radius 1 is 1.50 bits per heavy atom. The van der Waals surface area contributed by atoms with E-state index < -0.39 is 5.82 Å². The molecule has 2 rings (SSSR count). The number of benzene rings is 1. The third-order valence-corrected chi connectivity index (χ3v) is 3.52. The highest BCUT2D eigenvalue weighted by Gasteiger charge is 2.10. The smallest absolute Gasteiger partial charge is 0.141 e. The van der Waals surface area contributed by atoms with Crippen LogP contribution in [0.25, 0.3) is 10.6 Å². The van der Waals surface area contributed by atoms with Gasteiger partial charge in [-0.25, -0.2) is 15.2 Å². The summed E-state index contributed by atoms with van der Waals surface area (Å²) < 4.78 is 13.0. The third kappa shape index (κ3) is 2.02. The molecule has 0 aliphatic heterocycles. The van der Waals surface area contributed by atoms with E-state index in [2.05, 4.69) is 10.4 Å². The van der Waals surface area contributed by atoms with E-state index in [0.29, 0.717) is 0 Å². The lowest BCUT2D eigenvalue weighted by Crippen LogP contribution is -2.05. The van der Waals surface area contributed by atoms with Crippen molar-refractivity contribution in [1.29, 1.82) is 0 Å². The predicted octanol–water partition coefficient (Wildman–Crippen LogP) is 3.20. The normalized spacial score (nSPS) is 10.5. The Morgan fingerprint density at radius 3 is 2.81 bits per heavy atom. The molecule has 0 bridgehead atoms. The van der Waals surface area contributed by atoms with Gasteiger partial charge in [-0.15, -0.1) is 0 Å². The molecule has 16 heavy (non-hydrogen) atoms. The maximum atomic E-state index is 13.0. The Morgan fingerprint density at radius 2 is 2.25 bits per heavy atom. The molecule has 1 aromatic heterocycles. The minimum absolute atomic E-state index is 0.0904. The van der Waals surface area contributed by atoms with Crippen molar-refractivity contribution in [2.24, 2.45) is 5.84 Å². The van der Waals surface area contributed by atoms with E-state index in [-0.39, 0.29) is 5.02 Å². The Kier molecular flexibility index (Phi) is 3.09. The molecule has 0 saturated carbocycles. The lowest BCUT2D eigenvalue weighted by atomic mass is 10.2. The summed E-state index contributed by atoms with van der Waals surface area (Å²) in [6, 6.07) is 4.51. The molecule has 3 N–H and O–H groups in total. The summed E-state index contributed by atoms with van der Waals surface area (Å²) in [5.74, 6) is 4.90. The van der Waals surface area contributed by atoms with E-state index in [1.54, 1.807) is 12.1 Å². The highest BCUT2D eigenvalue weighted by molar-refractivity contribution is 7.19. The lowest BCUT2D eigenvalue weighted by Gasteiger charge is -1.97. The molecule has 0 aliphatic carbocycles. The topological polar surface area (TPSA) is 50.9 Å². The molecule has 0 fully saturated rings. The maximum Gasteiger partial charge on any atom is 0.141 e. The number of aryl methyl sites for hydroxylation is 1. The van der Waals surface area contributed by atoms with Gasteiger partial charge in [-0.1, -0.05) is 22.9 Å². The molecule has 84 valence electrons. The van der Waals surface area contributed by atoms with E-state index >= 15 is 0 Å². The van der Waals surface area contributed by atoms with Gasteiger partial charge in [-0.2, -0.15) is 0 Å². The van der Waals surface area contributed by atoms with Gasteiger partial charge in [0.15, 0.2) is 0 Å². The zero-order valence-electron chi connectivity index (χ0n) is 8.42. The van der Waals surface area contributed by atoms with Crippen molar-refractivity contribution in [3.8, 4) is 10.6 Å². The summed E-state index contributed by atoms with van der Waals surface area (Å²) in [4.78, 5) is 4.32. The second-order valence-corrected chi connectivity index (χ2v) is 4.61. The molecule has 0 aliphatic rings. The van der Waals surface area contributed by atoms with Crippen LogP contribution in [0.2, 0.25) is 5.02 Å². The molecular formula is C10H9ClFN3S. The highest BCUT2D eigenvalue weighted by atomic mass is 35.5.